The summed E-state index contributed by atoms with van der Waals surface area (Å²) in [7, 11) is 0. The van der Waals surface area contributed by atoms with Crippen LogP contribution in [0.1, 0.15) is 18.9 Å². The molecule has 2 nitrogen and oxygen atoms in total. The van der Waals surface area contributed by atoms with Gasteiger partial charge in [-0.15, -0.1) is 0 Å². The number of para-hydroxylation sites is 1. The summed E-state index contributed by atoms with van der Waals surface area (Å²) < 4.78 is 0.986. The molecule has 0 aliphatic carbocycles. The largest absolute Gasteiger partial charge is 0.618 e. The predicted octanol–water partition coefficient (Wildman–Crippen LogP) is 4.39. The van der Waals surface area contributed by atoms with Gasteiger partial charge >= 0.3 is 0 Å². The molecule has 2 aromatic rings. The van der Waals surface area contributed by atoms with Crippen LogP contribution in [0, 0.1) is 5.21 Å². The molecule has 0 aliphatic heterocycles. The Morgan fingerprint density at radius 1 is 1.00 bits per heavy atom. The molecule has 2 aromatic carbocycles. The lowest BCUT2D eigenvalue weighted by Gasteiger charge is -2.06. The summed E-state index contributed by atoms with van der Waals surface area (Å²) in [6.45, 7) is 1.98. The van der Waals surface area contributed by atoms with Crippen molar-refractivity contribution < 1.29 is 4.74 Å². The van der Waals surface area contributed by atoms with Crippen LogP contribution in [0.5, 0.6) is 0 Å². The third-order valence-electron chi connectivity index (χ3n) is 2.88. The maximum absolute atomic E-state index is 12.2. The lowest BCUT2D eigenvalue weighted by Crippen LogP contribution is -2.07. The molecular weight excluding hydrogens is 234 g/mol. The van der Waals surface area contributed by atoms with Crippen LogP contribution >= 0.6 is 0 Å². The molecule has 0 spiro atoms. The molecule has 0 saturated carbocycles. The third kappa shape index (κ3) is 3.55. The first-order valence-electron chi connectivity index (χ1n) is 6.42. The van der Waals surface area contributed by atoms with Gasteiger partial charge in [0.05, 0.1) is 0 Å². The van der Waals surface area contributed by atoms with E-state index in [1.165, 1.54) is 0 Å². The molecule has 0 bridgehead atoms. The van der Waals surface area contributed by atoms with Crippen molar-refractivity contribution in [3.05, 3.63) is 77.5 Å². The van der Waals surface area contributed by atoms with Gasteiger partial charge in [-0.1, -0.05) is 55.5 Å². The summed E-state index contributed by atoms with van der Waals surface area (Å²) in [5.41, 5.74) is 2.50. The fraction of sp³-hybridized carbons (Fsp3) is 0.118. The Hall–Kier alpha value is -2.35. The molecule has 0 heterocycles. The topological polar surface area (TPSA) is 26.1 Å². The number of hydrogen-bond donors (Lipinski definition) is 0. The van der Waals surface area contributed by atoms with Crippen molar-refractivity contribution in [2.24, 2.45) is 0 Å². The summed E-state index contributed by atoms with van der Waals surface area (Å²) in [5, 5.41) is 12.2. The van der Waals surface area contributed by atoms with Gasteiger partial charge in [0.25, 0.3) is 0 Å². The minimum absolute atomic E-state index is 0.664. The zero-order chi connectivity index (χ0) is 13.5. The van der Waals surface area contributed by atoms with E-state index >= 15 is 0 Å². The lowest BCUT2D eigenvalue weighted by atomic mass is 10.1. The van der Waals surface area contributed by atoms with Crippen molar-refractivity contribution in [2.45, 2.75) is 13.3 Å². The van der Waals surface area contributed by atoms with Crippen LogP contribution < -0.4 is 0 Å². The van der Waals surface area contributed by atoms with Crippen molar-refractivity contribution in [3.8, 4) is 0 Å². The quantitative estimate of drug-likeness (QED) is 0.342. The van der Waals surface area contributed by atoms with E-state index in [2.05, 4.69) is 0 Å². The fourth-order valence-corrected chi connectivity index (χ4v) is 1.81. The second-order valence-corrected chi connectivity index (χ2v) is 4.22. The van der Waals surface area contributed by atoms with Gasteiger partial charge in [-0.25, -0.2) is 0 Å². The van der Waals surface area contributed by atoms with E-state index < -0.39 is 0 Å². The first-order valence-corrected chi connectivity index (χ1v) is 6.42. The Morgan fingerprint density at radius 3 is 2.16 bits per heavy atom. The number of allylic oxidation sites excluding steroid dienone is 1. The molecule has 0 unspecified atom stereocenters. The van der Waals surface area contributed by atoms with Crippen LogP contribution in [-0.2, 0) is 0 Å². The second-order valence-electron chi connectivity index (χ2n) is 4.22. The molecule has 96 valence electrons. The van der Waals surface area contributed by atoms with Crippen molar-refractivity contribution >= 4 is 17.5 Å². The molecule has 2 rings (SSSR count). The van der Waals surface area contributed by atoms with Crippen LogP contribution in [0.15, 0.2) is 66.7 Å². The number of benzene rings is 2. The zero-order valence-corrected chi connectivity index (χ0v) is 11.0. The number of rotatable bonds is 4. The van der Waals surface area contributed by atoms with Crippen molar-refractivity contribution in [1.82, 2.24) is 0 Å². The van der Waals surface area contributed by atoms with Crippen LogP contribution in [0.4, 0.5) is 5.69 Å². The van der Waals surface area contributed by atoms with E-state index in [4.69, 9.17) is 0 Å². The van der Waals surface area contributed by atoms with E-state index in [9.17, 15) is 5.21 Å². The van der Waals surface area contributed by atoms with E-state index in [1.807, 2.05) is 79.7 Å². The van der Waals surface area contributed by atoms with Crippen molar-refractivity contribution in [3.63, 3.8) is 0 Å². The van der Waals surface area contributed by atoms with Crippen LogP contribution in [-0.4, -0.2) is 10.5 Å². The van der Waals surface area contributed by atoms with E-state index in [1.54, 1.807) is 0 Å². The van der Waals surface area contributed by atoms with E-state index in [-0.39, 0.29) is 0 Å². The highest BCUT2D eigenvalue weighted by atomic mass is 16.5. The highest BCUT2D eigenvalue weighted by Crippen LogP contribution is 2.11. The lowest BCUT2D eigenvalue weighted by molar-refractivity contribution is -0.361. The monoisotopic (exact) mass is 251 g/mol. The molecule has 0 amide bonds. The molecule has 0 saturated heterocycles. The molecular formula is C17H17NO. The predicted molar refractivity (Wildman–Crippen MR) is 80.5 cm³/mol. The van der Waals surface area contributed by atoms with Gasteiger partial charge in [0.2, 0.25) is 5.69 Å². The van der Waals surface area contributed by atoms with E-state index in [0.29, 0.717) is 12.1 Å². The fourth-order valence-electron chi connectivity index (χ4n) is 1.81. The Morgan fingerprint density at radius 2 is 1.58 bits per heavy atom. The summed E-state index contributed by atoms with van der Waals surface area (Å²) >= 11 is 0. The van der Waals surface area contributed by atoms with E-state index in [0.717, 1.165) is 16.0 Å². The summed E-state index contributed by atoms with van der Waals surface area (Å²) in [6, 6.07) is 19.3. The molecule has 0 aliphatic rings. The smallest absolute Gasteiger partial charge is 0.216 e. The SMILES string of the molecule is CCC(/C=C/c1ccccc1)=[N+](/[O-])c1ccccc1. The molecule has 19 heavy (non-hydrogen) atoms. The Balaban J connectivity index is 2.27. The van der Waals surface area contributed by atoms with Crippen LogP contribution in [0.2, 0.25) is 0 Å². The van der Waals surface area contributed by atoms with Gasteiger partial charge in [-0.2, -0.15) is 4.74 Å². The normalized spacial score (nSPS) is 12.5. The van der Waals surface area contributed by atoms with Crippen molar-refractivity contribution in [2.75, 3.05) is 0 Å². The minimum Gasteiger partial charge on any atom is -0.618 e. The van der Waals surface area contributed by atoms with Crippen LogP contribution in [0.25, 0.3) is 6.08 Å². The summed E-state index contributed by atoms with van der Waals surface area (Å²) in [6.07, 6.45) is 4.55. The Labute approximate surface area is 113 Å². The molecule has 2 heteroatoms. The summed E-state index contributed by atoms with van der Waals surface area (Å²) in [5.74, 6) is 0. The Kier molecular flexibility index (Phi) is 4.51. The van der Waals surface area contributed by atoms with Gasteiger partial charge in [-0.05, 0) is 11.6 Å². The van der Waals surface area contributed by atoms with Crippen LogP contribution in [0.3, 0.4) is 0 Å². The maximum atomic E-state index is 12.2. The number of hydrogen-bond acceptors (Lipinski definition) is 1. The van der Waals surface area contributed by atoms with Gasteiger partial charge in [0, 0.05) is 24.6 Å². The first kappa shape index (κ1) is 13.1. The second kappa shape index (κ2) is 6.55. The average Bonchev–Trinajstić information content (AvgIpc) is 2.49. The van der Waals surface area contributed by atoms with Gasteiger partial charge in [0.15, 0.2) is 5.71 Å². The molecule has 0 atom stereocenters. The van der Waals surface area contributed by atoms with Crippen molar-refractivity contribution in [1.29, 1.82) is 0 Å². The standard InChI is InChI=1S/C17H17NO/c1-2-16(14-13-15-9-5-3-6-10-15)18(19)17-11-7-4-8-12-17/h3-14H,2H2,1H3/b14-13+,18-16-. The zero-order valence-electron chi connectivity index (χ0n) is 11.0. The highest BCUT2D eigenvalue weighted by Gasteiger charge is 2.06. The average molecular weight is 251 g/mol. The minimum atomic E-state index is 0.664. The highest BCUT2D eigenvalue weighted by molar-refractivity contribution is 5.95. The first-order chi connectivity index (χ1) is 9.31. The Bertz CT molecular complexity index is 571. The van der Waals surface area contributed by atoms with Gasteiger partial charge in [-0.3, -0.25) is 0 Å². The molecule has 0 N–H and O–H groups in total. The molecule has 0 aromatic heterocycles. The maximum Gasteiger partial charge on any atom is 0.216 e. The summed E-state index contributed by atoms with van der Waals surface area (Å²) in [4.78, 5) is 0. The third-order valence-corrected chi connectivity index (χ3v) is 2.88. The molecule has 0 fully saturated rings. The van der Waals surface area contributed by atoms with Gasteiger partial charge in [0.1, 0.15) is 0 Å². The number of nitrogens with zero attached hydrogens (tertiary/aromatic N) is 1. The van der Waals surface area contributed by atoms with Gasteiger partial charge < -0.3 is 5.21 Å². The molecule has 0 radical (unpaired) electrons.